The topological polar surface area (TPSA) is 33.1 Å². The van der Waals surface area contributed by atoms with Crippen LogP contribution in [0.2, 0.25) is 0 Å². The predicted octanol–water partition coefficient (Wildman–Crippen LogP) is 4.85. The van der Waals surface area contributed by atoms with E-state index in [0.29, 0.717) is 0 Å². The summed E-state index contributed by atoms with van der Waals surface area (Å²) in [5, 5.41) is 13.3. The molecule has 0 amide bonds. The van der Waals surface area contributed by atoms with Gasteiger partial charge in [-0.05, 0) is 71.9 Å². The third-order valence-electron chi connectivity index (χ3n) is 4.78. The quantitative estimate of drug-likeness (QED) is 0.695. The Bertz CT molecular complexity index is 828. The number of pyridine rings is 1. The summed E-state index contributed by atoms with van der Waals surface area (Å²) < 4.78 is 0. The van der Waals surface area contributed by atoms with Crippen LogP contribution in [-0.4, -0.2) is 16.7 Å². The molecule has 4 rings (SSSR count). The fourth-order valence-corrected chi connectivity index (χ4v) is 4.17. The van der Waals surface area contributed by atoms with Gasteiger partial charge in [-0.25, -0.2) is 0 Å². The Kier molecular flexibility index (Phi) is 5.89. The van der Waals surface area contributed by atoms with Crippen LogP contribution in [-0.2, 0) is 25.7 Å². The highest BCUT2D eigenvalue weighted by Gasteiger charge is 2.18. The summed E-state index contributed by atoms with van der Waals surface area (Å²) in [7, 11) is 0. The van der Waals surface area contributed by atoms with Crippen LogP contribution in [0.1, 0.15) is 34.4 Å². The molecule has 0 fully saturated rings. The first-order valence-electron chi connectivity index (χ1n) is 8.56. The Hall–Kier alpha value is -1.68. The zero-order valence-electron chi connectivity index (χ0n) is 14.1. The molecule has 0 bridgehead atoms. The first-order valence-corrected chi connectivity index (χ1v) is 9.50. The number of nitrogens with zero attached hydrogens (tertiary/aromatic N) is 1. The minimum atomic E-state index is 0. The van der Waals surface area contributed by atoms with Crippen molar-refractivity contribution in [2.45, 2.75) is 32.1 Å². The number of thiophene rings is 1. The highest BCUT2D eigenvalue weighted by Crippen LogP contribution is 2.30. The molecule has 1 aliphatic rings. The Morgan fingerprint density at radius 2 is 1.84 bits per heavy atom. The summed E-state index contributed by atoms with van der Waals surface area (Å²) in [5.74, 6) is 0. The lowest BCUT2D eigenvalue weighted by molar-refractivity contribution is 0.299. The van der Waals surface area contributed by atoms with Gasteiger partial charge in [0.2, 0.25) is 0 Å². The minimum Gasteiger partial charge on any atom is -0.396 e. The normalized spacial score (nSPS) is 12.7. The van der Waals surface area contributed by atoms with Crippen molar-refractivity contribution in [1.29, 1.82) is 0 Å². The van der Waals surface area contributed by atoms with Gasteiger partial charge in [0.15, 0.2) is 0 Å². The standard InChI is InChI=1S/C21H21NOS.ClH/c23-10-8-15-4-6-16(7-5-15)12-18-13-21(17-9-11-24-14-17)22-20-3-1-2-19(18)20;/h4-7,9,11,13-14,23H,1-3,8,10,12H2;1H. The maximum atomic E-state index is 9.04. The molecule has 1 N–H and O–H groups in total. The van der Waals surface area contributed by atoms with Gasteiger partial charge in [0.25, 0.3) is 0 Å². The lowest BCUT2D eigenvalue weighted by Gasteiger charge is -2.11. The largest absolute Gasteiger partial charge is 0.396 e. The van der Waals surface area contributed by atoms with Gasteiger partial charge in [0.1, 0.15) is 0 Å². The fourth-order valence-electron chi connectivity index (χ4n) is 3.52. The second-order valence-electron chi connectivity index (χ2n) is 6.42. The average molecular weight is 372 g/mol. The molecule has 130 valence electrons. The molecule has 1 aliphatic carbocycles. The third-order valence-corrected chi connectivity index (χ3v) is 5.46. The van der Waals surface area contributed by atoms with E-state index in [-0.39, 0.29) is 19.0 Å². The smallest absolute Gasteiger partial charge is 0.0716 e. The van der Waals surface area contributed by atoms with Gasteiger partial charge in [-0.15, -0.1) is 12.4 Å². The molecule has 2 nitrogen and oxygen atoms in total. The molecule has 0 unspecified atom stereocenters. The van der Waals surface area contributed by atoms with E-state index >= 15 is 0 Å². The van der Waals surface area contributed by atoms with Gasteiger partial charge in [0, 0.05) is 23.2 Å². The molecule has 25 heavy (non-hydrogen) atoms. The number of aromatic nitrogens is 1. The first kappa shape index (κ1) is 18.1. The van der Waals surface area contributed by atoms with E-state index in [0.717, 1.165) is 31.4 Å². The number of aliphatic hydroxyl groups excluding tert-OH is 1. The summed E-state index contributed by atoms with van der Waals surface area (Å²) in [6, 6.07) is 13.1. The minimum absolute atomic E-state index is 0. The number of halogens is 1. The van der Waals surface area contributed by atoms with Gasteiger partial charge in [-0.3, -0.25) is 4.98 Å². The van der Waals surface area contributed by atoms with Crippen molar-refractivity contribution in [1.82, 2.24) is 4.98 Å². The zero-order chi connectivity index (χ0) is 16.4. The Balaban J connectivity index is 0.00000182. The summed E-state index contributed by atoms with van der Waals surface area (Å²) >= 11 is 1.72. The molecule has 0 atom stereocenters. The lowest BCUT2D eigenvalue weighted by Crippen LogP contribution is -2.00. The van der Waals surface area contributed by atoms with Crippen LogP contribution in [0.4, 0.5) is 0 Å². The monoisotopic (exact) mass is 371 g/mol. The molecule has 1 aromatic carbocycles. The number of aryl methyl sites for hydroxylation is 1. The van der Waals surface area contributed by atoms with E-state index in [1.54, 1.807) is 11.3 Å². The Morgan fingerprint density at radius 3 is 2.56 bits per heavy atom. The van der Waals surface area contributed by atoms with Crippen LogP contribution < -0.4 is 0 Å². The molecule has 0 radical (unpaired) electrons. The van der Waals surface area contributed by atoms with E-state index in [1.165, 1.54) is 39.9 Å². The average Bonchev–Trinajstić information content (AvgIpc) is 3.28. The molecule has 2 aromatic heterocycles. The van der Waals surface area contributed by atoms with Gasteiger partial charge in [-0.1, -0.05) is 24.3 Å². The summed E-state index contributed by atoms with van der Waals surface area (Å²) in [6.07, 6.45) is 5.17. The van der Waals surface area contributed by atoms with E-state index in [2.05, 4.69) is 47.2 Å². The highest BCUT2D eigenvalue weighted by molar-refractivity contribution is 7.08. The summed E-state index contributed by atoms with van der Waals surface area (Å²) in [6.45, 7) is 0.210. The number of rotatable bonds is 5. The second kappa shape index (κ2) is 8.13. The molecule has 0 aliphatic heterocycles. The van der Waals surface area contributed by atoms with Crippen molar-refractivity contribution >= 4 is 23.7 Å². The van der Waals surface area contributed by atoms with E-state index in [9.17, 15) is 0 Å². The number of hydrogen-bond acceptors (Lipinski definition) is 3. The number of hydrogen-bond donors (Lipinski definition) is 1. The second-order valence-corrected chi connectivity index (χ2v) is 7.20. The maximum absolute atomic E-state index is 9.04. The van der Waals surface area contributed by atoms with Crippen LogP contribution in [0.25, 0.3) is 11.3 Å². The first-order chi connectivity index (χ1) is 11.8. The van der Waals surface area contributed by atoms with Crippen LogP contribution in [0.15, 0.2) is 47.2 Å². The van der Waals surface area contributed by atoms with Crippen molar-refractivity contribution in [2.24, 2.45) is 0 Å². The molecular weight excluding hydrogens is 350 g/mol. The molecule has 3 aromatic rings. The Morgan fingerprint density at radius 1 is 1.04 bits per heavy atom. The summed E-state index contributed by atoms with van der Waals surface area (Å²) in [5.41, 5.74) is 9.05. The van der Waals surface area contributed by atoms with Crippen molar-refractivity contribution in [3.8, 4) is 11.3 Å². The van der Waals surface area contributed by atoms with E-state index in [1.807, 2.05) is 0 Å². The van der Waals surface area contributed by atoms with Crippen molar-refractivity contribution in [2.75, 3.05) is 6.61 Å². The lowest BCUT2D eigenvalue weighted by atomic mass is 9.97. The van der Waals surface area contributed by atoms with E-state index < -0.39 is 0 Å². The molecule has 4 heteroatoms. The van der Waals surface area contributed by atoms with Gasteiger partial charge >= 0.3 is 0 Å². The van der Waals surface area contributed by atoms with Gasteiger partial charge in [-0.2, -0.15) is 11.3 Å². The third kappa shape index (κ3) is 3.95. The SMILES string of the molecule is Cl.OCCc1ccc(Cc2cc(-c3ccsc3)nc3c2CCC3)cc1. The molecule has 0 spiro atoms. The van der Waals surface area contributed by atoms with Crippen LogP contribution in [0.5, 0.6) is 0 Å². The number of fused-ring (bicyclic) bond motifs is 1. The van der Waals surface area contributed by atoms with Crippen molar-refractivity contribution in [3.63, 3.8) is 0 Å². The summed E-state index contributed by atoms with van der Waals surface area (Å²) in [4.78, 5) is 4.92. The van der Waals surface area contributed by atoms with Crippen molar-refractivity contribution in [3.05, 3.63) is 75.1 Å². The Labute approximate surface area is 159 Å². The predicted molar refractivity (Wildman–Crippen MR) is 107 cm³/mol. The van der Waals surface area contributed by atoms with Crippen molar-refractivity contribution < 1.29 is 5.11 Å². The fraction of sp³-hybridized carbons (Fsp3) is 0.286. The molecule has 2 heterocycles. The number of aliphatic hydroxyl groups is 1. The zero-order valence-corrected chi connectivity index (χ0v) is 15.7. The van der Waals surface area contributed by atoms with Gasteiger partial charge in [0.05, 0.1) is 5.69 Å². The van der Waals surface area contributed by atoms with Crippen LogP contribution in [0, 0.1) is 0 Å². The molecular formula is C21H22ClNOS. The highest BCUT2D eigenvalue weighted by atomic mass is 35.5. The molecule has 0 saturated carbocycles. The van der Waals surface area contributed by atoms with Gasteiger partial charge < -0.3 is 5.11 Å². The maximum Gasteiger partial charge on any atom is 0.0716 e. The van der Waals surface area contributed by atoms with Crippen LogP contribution in [0.3, 0.4) is 0 Å². The van der Waals surface area contributed by atoms with Crippen LogP contribution >= 0.6 is 23.7 Å². The van der Waals surface area contributed by atoms with E-state index in [4.69, 9.17) is 10.1 Å². The molecule has 0 saturated heterocycles. The number of benzene rings is 1.